The van der Waals surface area contributed by atoms with Crippen LogP contribution in [0.25, 0.3) is 11.6 Å². The summed E-state index contributed by atoms with van der Waals surface area (Å²) in [5, 5.41) is 20.0. The molecule has 2 aromatic rings. The number of benzene rings is 2. The Kier molecular flexibility index (Phi) is 5.63. The molecule has 0 aliphatic rings. The monoisotopic (exact) mass is 346 g/mol. The van der Waals surface area contributed by atoms with Crippen molar-refractivity contribution in [3.63, 3.8) is 0 Å². The minimum Gasteiger partial charge on any atom is -0.493 e. The summed E-state index contributed by atoms with van der Waals surface area (Å²) in [6, 6.07) is 11.7. The first-order valence-electron chi connectivity index (χ1n) is 6.94. The quantitative estimate of drug-likeness (QED) is 0.337. The van der Waals surface area contributed by atoms with Gasteiger partial charge in [-0.1, -0.05) is 6.07 Å². The van der Waals surface area contributed by atoms with Crippen molar-refractivity contribution in [2.24, 2.45) is 0 Å². The highest BCUT2D eigenvalue weighted by molar-refractivity contribution is 5.90. The van der Waals surface area contributed by atoms with Gasteiger partial charge in [-0.05, 0) is 41.5 Å². The normalized spacial score (nSPS) is 11.1. The van der Waals surface area contributed by atoms with E-state index < -0.39 is 11.5 Å². The van der Waals surface area contributed by atoms with Crippen molar-refractivity contribution in [2.75, 3.05) is 7.11 Å². The molecule has 0 aliphatic heterocycles. The number of hydrogen-bond donors (Lipinski definition) is 0. The molecule has 0 amide bonds. The SMILES string of the molecule is COc1cc(/C=C(\C#N)c2ccc([N+](=O)[O-])cc2)ccc1OC(F)F. The van der Waals surface area contributed by atoms with Crippen LogP contribution in [0, 0.1) is 21.4 Å². The number of halogens is 2. The highest BCUT2D eigenvalue weighted by Crippen LogP contribution is 2.31. The van der Waals surface area contributed by atoms with Crippen LogP contribution in [0.4, 0.5) is 14.5 Å². The molecule has 0 fully saturated rings. The minimum atomic E-state index is -2.98. The first-order valence-corrected chi connectivity index (χ1v) is 6.94. The Morgan fingerprint density at radius 3 is 2.44 bits per heavy atom. The van der Waals surface area contributed by atoms with Gasteiger partial charge in [0, 0.05) is 12.1 Å². The number of non-ortho nitro benzene ring substituents is 1. The van der Waals surface area contributed by atoms with E-state index in [0.717, 1.165) is 0 Å². The molecule has 0 saturated heterocycles. The van der Waals surface area contributed by atoms with E-state index in [1.807, 2.05) is 6.07 Å². The van der Waals surface area contributed by atoms with E-state index in [9.17, 15) is 24.2 Å². The van der Waals surface area contributed by atoms with Gasteiger partial charge in [0.15, 0.2) is 11.5 Å². The number of ether oxygens (including phenoxy) is 2. The molecule has 0 spiro atoms. The van der Waals surface area contributed by atoms with E-state index in [1.54, 1.807) is 0 Å². The molecule has 0 atom stereocenters. The Morgan fingerprint density at radius 1 is 1.24 bits per heavy atom. The summed E-state index contributed by atoms with van der Waals surface area (Å²) in [7, 11) is 1.31. The second-order valence-electron chi connectivity index (χ2n) is 4.76. The Labute approximate surface area is 141 Å². The van der Waals surface area contributed by atoms with Gasteiger partial charge in [0.05, 0.1) is 23.7 Å². The van der Waals surface area contributed by atoms with E-state index >= 15 is 0 Å². The number of rotatable bonds is 6. The van der Waals surface area contributed by atoms with Crippen LogP contribution in [0.5, 0.6) is 11.5 Å². The van der Waals surface area contributed by atoms with Crippen LogP contribution in [-0.4, -0.2) is 18.6 Å². The van der Waals surface area contributed by atoms with Gasteiger partial charge in [0.1, 0.15) is 0 Å². The summed E-state index contributed by atoms with van der Waals surface area (Å²) in [5.74, 6) is -0.0291. The predicted molar refractivity (Wildman–Crippen MR) is 86.2 cm³/mol. The maximum Gasteiger partial charge on any atom is 0.387 e. The van der Waals surface area contributed by atoms with Crippen LogP contribution in [0.15, 0.2) is 42.5 Å². The molecule has 0 bridgehead atoms. The molecular weight excluding hydrogens is 334 g/mol. The molecule has 8 heteroatoms. The number of nitrogens with zero attached hydrogens (tertiary/aromatic N) is 2. The third kappa shape index (κ3) is 4.51. The summed E-state index contributed by atoms with van der Waals surface area (Å²) in [6.07, 6.45) is 1.51. The van der Waals surface area contributed by atoms with Crippen molar-refractivity contribution in [2.45, 2.75) is 6.61 Å². The molecule has 0 radical (unpaired) electrons. The second kappa shape index (κ2) is 7.88. The van der Waals surface area contributed by atoms with Crippen LogP contribution in [-0.2, 0) is 0 Å². The molecule has 0 unspecified atom stereocenters. The molecule has 6 nitrogen and oxygen atoms in total. The van der Waals surface area contributed by atoms with E-state index in [4.69, 9.17) is 4.74 Å². The standard InChI is InChI=1S/C17H12F2N2O4/c1-24-16-9-11(2-7-15(16)25-17(18)19)8-13(10-20)12-3-5-14(6-4-12)21(22)23/h2-9,17H,1H3/b13-8+. The topological polar surface area (TPSA) is 85.4 Å². The minimum absolute atomic E-state index is 0.0868. The summed E-state index contributed by atoms with van der Waals surface area (Å²) in [4.78, 5) is 10.1. The number of nitro groups is 1. The number of alkyl halides is 2. The lowest BCUT2D eigenvalue weighted by Gasteiger charge is -2.10. The van der Waals surface area contributed by atoms with Crippen LogP contribution >= 0.6 is 0 Å². The lowest BCUT2D eigenvalue weighted by atomic mass is 10.0. The first kappa shape index (κ1) is 17.9. The van der Waals surface area contributed by atoms with Gasteiger partial charge >= 0.3 is 6.61 Å². The highest BCUT2D eigenvalue weighted by atomic mass is 19.3. The third-order valence-electron chi connectivity index (χ3n) is 3.22. The lowest BCUT2D eigenvalue weighted by molar-refractivity contribution is -0.384. The van der Waals surface area contributed by atoms with E-state index in [-0.39, 0.29) is 22.8 Å². The van der Waals surface area contributed by atoms with Crippen molar-refractivity contribution in [3.05, 3.63) is 63.7 Å². The predicted octanol–water partition coefficient (Wildman–Crippen LogP) is 4.27. The van der Waals surface area contributed by atoms with Crippen molar-refractivity contribution in [3.8, 4) is 17.6 Å². The van der Waals surface area contributed by atoms with Gasteiger partial charge in [0.25, 0.3) is 5.69 Å². The molecule has 2 aromatic carbocycles. The zero-order chi connectivity index (χ0) is 18.4. The fourth-order valence-corrected chi connectivity index (χ4v) is 2.08. The van der Waals surface area contributed by atoms with Gasteiger partial charge in [-0.15, -0.1) is 0 Å². The van der Waals surface area contributed by atoms with E-state index in [1.165, 1.54) is 55.7 Å². The van der Waals surface area contributed by atoms with Crippen LogP contribution in [0.2, 0.25) is 0 Å². The number of nitriles is 1. The molecule has 2 rings (SSSR count). The molecule has 0 aliphatic carbocycles. The Bertz CT molecular complexity index is 843. The summed E-state index contributed by atoms with van der Waals surface area (Å²) >= 11 is 0. The molecule has 25 heavy (non-hydrogen) atoms. The van der Waals surface area contributed by atoms with Crippen molar-refractivity contribution in [1.82, 2.24) is 0 Å². The second-order valence-corrected chi connectivity index (χ2v) is 4.76. The molecule has 0 aromatic heterocycles. The van der Waals surface area contributed by atoms with Crippen molar-refractivity contribution in [1.29, 1.82) is 5.26 Å². The highest BCUT2D eigenvalue weighted by Gasteiger charge is 2.11. The molecule has 0 heterocycles. The number of methoxy groups -OCH3 is 1. The van der Waals surface area contributed by atoms with Gasteiger partial charge in [-0.25, -0.2) is 0 Å². The van der Waals surface area contributed by atoms with Crippen LogP contribution in [0.3, 0.4) is 0 Å². The van der Waals surface area contributed by atoms with Gasteiger partial charge < -0.3 is 9.47 Å². The average Bonchev–Trinajstić information content (AvgIpc) is 2.60. The maximum absolute atomic E-state index is 12.3. The fraction of sp³-hybridized carbons (Fsp3) is 0.118. The number of nitro benzene ring substituents is 1. The van der Waals surface area contributed by atoms with Gasteiger partial charge in [-0.2, -0.15) is 14.0 Å². The van der Waals surface area contributed by atoms with Crippen molar-refractivity contribution < 1.29 is 23.2 Å². The Balaban J connectivity index is 2.36. The van der Waals surface area contributed by atoms with E-state index in [0.29, 0.717) is 11.1 Å². The van der Waals surface area contributed by atoms with Crippen LogP contribution < -0.4 is 9.47 Å². The lowest BCUT2D eigenvalue weighted by Crippen LogP contribution is -2.03. The Hall–Kier alpha value is -3.47. The molecule has 128 valence electrons. The Morgan fingerprint density at radius 2 is 1.92 bits per heavy atom. The number of allylic oxidation sites excluding steroid dienone is 1. The zero-order valence-electron chi connectivity index (χ0n) is 13.0. The molecule has 0 saturated carbocycles. The first-order chi connectivity index (χ1) is 11.9. The summed E-state index contributed by atoms with van der Waals surface area (Å²) < 4.78 is 34.0. The molecular formula is C17H12F2N2O4. The van der Waals surface area contributed by atoms with E-state index in [2.05, 4.69) is 4.74 Å². The molecule has 0 N–H and O–H groups in total. The third-order valence-corrected chi connectivity index (χ3v) is 3.22. The fourth-order valence-electron chi connectivity index (χ4n) is 2.08. The largest absolute Gasteiger partial charge is 0.493 e. The maximum atomic E-state index is 12.3. The average molecular weight is 346 g/mol. The number of hydrogen-bond acceptors (Lipinski definition) is 5. The zero-order valence-corrected chi connectivity index (χ0v) is 13.0. The smallest absolute Gasteiger partial charge is 0.387 e. The summed E-state index contributed by atoms with van der Waals surface area (Å²) in [5.41, 5.74) is 1.17. The summed E-state index contributed by atoms with van der Waals surface area (Å²) in [6.45, 7) is -2.98. The van der Waals surface area contributed by atoms with Crippen LogP contribution in [0.1, 0.15) is 11.1 Å². The van der Waals surface area contributed by atoms with Crippen molar-refractivity contribution >= 4 is 17.3 Å². The van der Waals surface area contributed by atoms with Gasteiger partial charge in [-0.3, -0.25) is 10.1 Å². The van der Waals surface area contributed by atoms with Gasteiger partial charge in [0.2, 0.25) is 0 Å².